The molecular weight excluding hydrogens is 408 g/mol. The second-order valence-electron chi connectivity index (χ2n) is 6.87. The van der Waals surface area contributed by atoms with E-state index >= 15 is 0 Å². The number of thiophene rings is 1. The van der Waals surface area contributed by atoms with Crippen molar-refractivity contribution < 1.29 is 9.47 Å². The van der Waals surface area contributed by atoms with Crippen LogP contribution in [0, 0.1) is 0 Å². The smallest absolute Gasteiger partial charge is 0.260 e. The van der Waals surface area contributed by atoms with Crippen molar-refractivity contribution in [3.63, 3.8) is 0 Å². The lowest BCUT2D eigenvalue weighted by Crippen LogP contribution is -2.12. The van der Waals surface area contributed by atoms with Crippen molar-refractivity contribution in [1.29, 1.82) is 0 Å². The highest BCUT2D eigenvalue weighted by molar-refractivity contribution is 7.18. The minimum absolute atomic E-state index is 0.113. The third-order valence-corrected chi connectivity index (χ3v) is 6.39. The van der Waals surface area contributed by atoms with Crippen LogP contribution in [0.3, 0.4) is 0 Å². The molecule has 1 aliphatic rings. The van der Waals surface area contributed by atoms with Gasteiger partial charge in [-0.25, -0.2) is 4.98 Å². The fraction of sp³-hybridized carbons (Fsp3) is 0.364. The van der Waals surface area contributed by atoms with Crippen molar-refractivity contribution in [2.45, 2.75) is 39.5 Å². The molecule has 0 amide bonds. The summed E-state index contributed by atoms with van der Waals surface area (Å²) >= 11 is 8.15. The van der Waals surface area contributed by atoms with Gasteiger partial charge in [-0.2, -0.15) is 0 Å². The van der Waals surface area contributed by atoms with Crippen molar-refractivity contribution in [2.75, 3.05) is 13.2 Å². The summed E-state index contributed by atoms with van der Waals surface area (Å²) < 4.78 is 11.3. The van der Waals surface area contributed by atoms with Crippen LogP contribution in [0.4, 0.5) is 0 Å². The fourth-order valence-corrected chi connectivity index (χ4v) is 5.13. The molecule has 0 atom stereocenters. The lowest BCUT2D eigenvalue weighted by Gasteiger charge is -2.11. The standard InChI is InChI=1S/C22H23ClN2O3S/c1-3-27-16-10-9-13(12-17(16)28-4-2)11-15(23)20-24-21(26)19-14-7-5-6-8-18(14)29-22(19)25-20/h9-12H,3-8H2,1-2H3,(H,24,25,26)/b15-11+. The lowest BCUT2D eigenvalue weighted by molar-refractivity contribution is 0.287. The van der Waals surface area contributed by atoms with Gasteiger partial charge >= 0.3 is 0 Å². The van der Waals surface area contributed by atoms with Crippen molar-refractivity contribution in [3.8, 4) is 11.5 Å². The highest BCUT2D eigenvalue weighted by Crippen LogP contribution is 2.35. The zero-order valence-electron chi connectivity index (χ0n) is 16.5. The van der Waals surface area contributed by atoms with Gasteiger partial charge in [0.15, 0.2) is 17.3 Å². The molecule has 0 saturated carbocycles. The first kappa shape index (κ1) is 20.0. The molecule has 29 heavy (non-hydrogen) atoms. The maximum Gasteiger partial charge on any atom is 0.260 e. The van der Waals surface area contributed by atoms with Gasteiger partial charge in [0.1, 0.15) is 4.83 Å². The molecule has 7 heteroatoms. The van der Waals surface area contributed by atoms with Crippen LogP contribution in [0.1, 0.15) is 48.5 Å². The van der Waals surface area contributed by atoms with E-state index in [0.29, 0.717) is 35.6 Å². The Labute approximate surface area is 178 Å². The summed E-state index contributed by atoms with van der Waals surface area (Å²) in [6, 6.07) is 5.63. The minimum atomic E-state index is -0.113. The summed E-state index contributed by atoms with van der Waals surface area (Å²) in [4.78, 5) is 22.3. The molecular formula is C22H23ClN2O3S. The van der Waals surface area contributed by atoms with E-state index in [4.69, 9.17) is 21.1 Å². The number of benzene rings is 1. The van der Waals surface area contributed by atoms with Crippen LogP contribution in [0.15, 0.2) is 23.0 Å². The summed E-state index contributed by atoms with van der Waals surface area (Å²) in [6.07, 6.45) is 6.06. The number of aromatic nitrogens is 2. The fourth-order valence-electron chi connectivity index (χ4n) is 3.65. The Morgan fingerprint density at radius 3 is 2.76 bits per heavy atom. The van der Waals surface area contributed by atoms with Gasteiger partial charge < -0.3 is 14.5 Å². The molecule has 1 aliphatic carbocycles. The molecule has 2 aromatic heterocycles. The first-order valence-electron chi connectivity index (χ1n) is 9.92. The first-order chi connectivity index (χ1) is 14.1. The normalized spacial score (nSPS) is 14.1. The SMILES string of the molecule is CCOc1ccc(/C=C(/Cl)c2nc3sc4c(c3c(=O)[nH]2)CCCC4)cc1OCC. The Morgan fingerprint density at radius 2 is 1.97 bits per heavy atom. The molecule has 0 spiro atoms. The van der Waals surface area contributed by atoms with E-state index in [1.807, 2.05) is 32.0 Å². The van der Waals surface area contributed by atoms with Gasteiger partial charge in [-0.3, -0.25) is 4.79 Å². The van der Waals surface area contributed by atoms with Gasteiger partial charge in [0, 0.05) is 4.88 Å². The Hall–Kier alpha value is -2.31. The van der Waals surface area contributed by atoms with E-state index in [1.54, 1.807) is 17.4 Å². The quantitative estimate of drug-likeness (QED) is 0.568. The predicted molar refractivity (Wildman–Crippen MR) is 119 cm³/mol. The molecule has 3 aromatic rings. The summed E-state index contributed by atoms with van der Waals surface area (Å²) in [5.41, 5.74) is 1.90. The van der Waals surface area contributed by atoms with E-state index in [-0.39, 0.29) is 5.56 Å². The molecule has 152 valence electrons. The van der Waals surface area contributed by atoms with Gasteiger partial charge in [-0.15, -0.1) is 11.3 Å². The van der Waals surface area contributed by atoms with E-state index < -0.39 is 0 Å². The molecule has 0 unspecified atom stereocenters. The van der Waals surface area contributed by atoms with Crippen LogP contribution in [0.2, 0.25) is 0 Å². The van der Waals surface area contributed by atoms with Gasteiger partial charge in [-0.05, 0) is 68.9 Å². The molecule has 1 N–H and O–H groups in total. The number of aryl methyl sites for hydroxylation is 2. The Balaban J connectivity index is 1.71. The van der Waals surface area contributed by atoms with E-state index in [1.165, 1.54) is 16.9 Å². The van der Waals surface area contributed by atoms with Crippen molar-refractivity contribution in [3.05, 3.63) is 50.4 Å². The molecule has 0 aliphatic heterocycles. The van der Waals surface area contributed by atoms with E-state index in [2.05, 4.69) is 9.97 Å². The van der Waals surface area contributed by atoms with Crippen LogP contribution in [-0.4, -0.2) is 23.2 Å². The van der Waals surface area contributed by atoms with Crippen LogP contribution >= 0.6 is 22.9 Å². The number of fused-ring (bicyclic) bond motifs is 3. The summed E-state index contributed by atoms with van der Waals surface area (Å²) in [7, 11) is 0. The first-order valence-corrected chi connectivity index (χ1v) is 11.1. The zero-order chi connectivity index (χ0) is 20.4. The van der Waals surface area contributed by atoms with Gasteiger partial charge in [-0.1, -0.05) is 17.7 Å². The Morgan fingerprint density at radius 1 is 1.21 bits per heavy atom. The highest BCUT2D eigenvalue weighted by Gasteiger charge is 2.20. The number of hydrogen-bond acceptors (Lipinski definition) is 5. The van der Waals surface area contributed by atoms with Crippen LogP contribution in [0.5, 0.6) is 11.5 Å². The average molecular weight is 431 g/mol. The second kappa shape index (κ2) is 8.59. The number of rotatable bonds is 6. The number of H-pyrrole nitrogens is 1. The lowest BCUT2D eigenvalue weighted by atomic mass is 9.97. The third kappa shape index (κ3) is 4.05. The number of halogens is 1. The topological polar surface area (TPSA) is 64.2 Å². The van der Waals surface area contributed by atoms with Crippen molar-refractivity contribution in [1.82, 2.24) is 9.97 Å². The van der Waals surface area contributed by atoms with Crippen molar-refractivity contribution in [2.24, 2.45) is 0 Å². The third-order valence-electron chi connectivity index (χ3n) is 4.91. The number of nitrogens with zero attached hydrogens (tertiary/aromatic N) is 1. The molecule has 5 nitrogen and oxygen atoms in total. The number of ether oxygens (including phenoxy) is 2. The Kier molecular flexibility index (Phi) is 5.92. The predicted octanol–water partition coefficient (Wildman–Crippen LogP) is 5.40. The Bertz CT molecular complexity index is 1130. The number of hydrogen-bond donors (Lipinski definition) is 1. The molecule has 1 aromatic carbocycles. The van der Waals surface area contributed by atoms with Crippen LogP contribution in [-0.2, 0) is 12.8 Å². The summed E-state index contributed by atoms with van der Waals surface area (Å²) in [5, 5.41) is 1.11. The second-order valence-corrected chi connectivity index (χ2v) is 8.36. The maximum atomic E-state index is 12.7. The molecule has 0 saturated heterocycles. The highest BCUT2D eigenvalue weighted by atomic mass is 35.5. The minimum Gasteiger partial charge on any atom is -0.490 e. The average Bonchev–Trinajstić information content (AvgIpc) is 3.09. The zero-order valence-corrected chi connectivity index (χ0v) is 18.1. The molecule has 4 rings (SSSR count). The van der Waals surface area contributed by atoms with Gasteiger partial charge in [0.2, 0.25) is 0 Å². The molecule has 2 heterocycles. The molecule has 0 bridgehead atoms. The van der Waals surface area contributed by atoms with E-state index in [9.17, 15) is 4.79 Å². The summed E-state index contributed by atoms with van der Waals surface area (Å²) in [5.74, 6) is 1.74. The summed E-state index contributed by atoms with van der Waals surface area (Å²) in [6.45, 7) is 4.96. The van der Waals surface area contributed by atoms with E-state index in [0.717, 1.165) is 35.0 Å². The largest absolute Gasteiger partial charge is 0.490 e. The van der Waals surface area contributed by atoms with Crippen LogP contribution < -0.4 is 15.0 Å². The number of nitrogens with one attached hydrogen (secondary N) is 1. The van der Waals surface area contributed by atoms with Gasteiger partial charge in [0.25, 0.3) is 5.56 Å². The number of aromatic amines is 1. The van der Waals surface area contributed by atoms with Gasteiger partial charge in [0.05, 0.1) is 23.6 Å². The maximum absolute atomic E-state index is 12.7. The monoisotopic (exact) mass is 430 g/mol. The molecule has 0 fully saturated rings. The molecule has 0 radical (unpaired) electrons. The van der Waals surface area contributed by atoms with Crippen LogP contribution in [0.25, 0.3) is 21.3 Å². The van der Waals surface area contributed by atoms with Crippen molar-refractivity contribution >= 4 is 44.3 Å².